The van der Waals surface area contributed by atoms with Crippen molar-refractivity contribution < 1.29 is 14.7 Å². The van der Waals surface area contributed by atoms with Gasteiger partial charge in [0.25, 0.3) is 0 Å². The van der Waals surface area contributed by atoms with E-state index in [0.717, 1.165) is 24.1 Å². The highest BCUT2D eigenvalue weighted by molar-refractivity contribution is 5.95. The quantitative estimate of drug-likeness (QED) is 0.777. The van der Waals surface area contributed by atoms with E-state index in [1.54, 1.807) is 0 Å². The number of carboxylic acids is 1. The summed E-state index contributed by atoms with van der Waals surface area (Å²) in [4.78, 5) is 23.7. The van der Waals surface area contributed by atoms with E-state index in [1.807, 2.05) is 31.3 Å². The standard InChI is InChI=1S/C16H22N2O3/c1-17-10-11-6-2-5-9-14(11)18-15(19)12-7-3-4-8-13(12)16(20)21/h2,5-6,9,12-13,17H,3-4,7-8,10H2,1H3,(H,18,19)(H,20,21). The van der Waals surface area contributed by atoms with Gasteiger partial charge in [0.15, 0.2) is 0 Å². The molecule has 2 atom stereocenters. The molecule has 0 heterocycles. The minimum atomic E-state index is -0.863. The Bertz CT molecular complexity index is 516. The van der Waals surface area contributed by atoms with Gasteiger partial charge in [0, 0.05) is 12.2 Å². The molecule has 1 fully saturated rings. The number of aliphatic carboxylic acids is 1. The Morgan fingerprint density at radius 1 is 1.19 bits per heavy atom. The van der Waals surface area contributed by atoms with Gasteiger partial charge in [0.1, 0.15) is 0 Å². The van der Waals surface area contributed by atoms with Crippen LogP contribution in [-0.2, 0) is 16.1 Å². The van der Waals surface area contributed by atoms with Crippen LogP contribution in [-0.4, -0.2) is 24.0 Å². The Balaban J connectivity index is 2.11. The number of anilines is 1. The first kappa shape index (κ1) is 15.5. The van der Waals surface area contributed by atoms with Crippen molar-refractivity contribution in [3.8, 4) is 0 Å². The summed E-state index contributed by atoms with van der Waals surface area (Å²) in [5, 5.41) is 15.2. The highest BCUT2D eigenvalue weighted by Crippen LogP contribution is 2.31. The first-order chi connectivity index (χ1) is 10.1. The molecular formula is C16H22N2O3. The van der Waals surface area contributed by atoms with E-state index in [0.29, 0.717) is 19.4 Å². The molecule has 0 spiro atoms. The van der Waals surface area contributed by atoms with Crippen molar-refractivity contribution in [3.63, 3.8) is 0 Å². The average molecular weight is 290 g/mol. The Morgan fingerprint density at radius 3 is 2.52 bits per heavy atom. The van der Waals surface area contributed by atoms with Gasteiger partial charge >= 0.3 is 5.97 Å². The molecule has 5 nitrogen and oxygen atoms in total. The van der Waals surface area contributed by atoms with Crippen LogP contribution >= 0.6 is 0 Å². The predicted octanol–water partition coefficient (Wildman–Crippen LogP) is 2.24. The lowest BCUT2D eigenvalue weighted by molar-refractivity contribution is -0.147. The number of benzene rings is 1. The van der Waals surface area contributed by atoms with Gasteiger partial charge in [0.05, 0.1) is 11.8 Å². The highest BCUT2D eigenvalue weighted by Gasteiger charge is 2.35. The van der Waals surface area contributed by atoms with E-state index in [4.69, 9.17) is 0 Å². The topological polar surface area (TPSA) is 78.4 Å². The van der Waals surface area contributed by atoms with Gasteiger partial charge in [-0.15, -0.1) is 0 Å². The Kier molecular flexibility index (Phi) is 5.33. The van der Waals surface area contributed by atoms with Gasteiger partial charge in [-0.3, -0.25) is 9.59 Å². The molecule has 0 aliphatic heterocycles. The molecule has 2 rings (SSSR count). The smallest absolute Gasteiger partial charge is 0.307 e. The van der Waals surface area contributed by atoms with Crippen molar-refractivity contribution in [2.24, 2.45) is 11.8 Å². The lowest BCUT2D eigenvalue weighted by Crippen LogP contribution is -2.36. The maximum Gasteiger partial charge on any atom is 0.307 e. The number of rotatable bonds is 5. The third-order valence-corrected chi connectivity index (χ3v) is 4.06. The summed E-state index contributed by atoms with van der Waals surface area (Å²) in [6, 6.07) is 7.58. The van der Waals surface area contributed by atoms with Crippen LogP contribution in [0.15, 0.2) is 24.3 Å². The van der Waals surface area contributed by atoms with Crippen molar-refractivity contribution in [2.45, 2.75) is 32.2 Å². The maximum atomic E-state index is 12.4. The van der Waals surface area contributed by atoms with Gasteiger partial charge in [-0.2, -0.15) is 0 Å². The molecule has 1 aliphatic rings. The lowest BCUT2D eigenvalue weighted by Gasteiger charge is -2.27. The molecule has 1 aliphatic carbocycles. The fourth-order valence-electron chi connectivity index (χ4n) is 2.95. The molecule has 1 saturated carbocycles. The lowest BCUT2D eigenvalue weighted by atomic mass is 9.78. The van der Waals surface area contributed by atoms with Crippen LogP contribution in [0.2, 0.25) is 0 Å². The van der Waals surface area contributed by atoms with Gasteiger partial charge in [0.2, 0.25) is 5.91 Å². The number of hydrogen-bond acceptors (Lipinski definition) is 3. The molecule has 3 N–H and O–H groups in total. The van der Waals surface area contributed by atoms with Crippen molar-refractivity contribution >= 4 is 17.6 Å². The van der Waals surface area contributed by atoms with Gasteiger partial charge in [-0.1, -0.05) is 31.0 Å². The second-order valence-electron chi connectivity index (χ2n) is 5.51. The van der Waals surface area contributed by atoms with Crippen LogP contribution in [0.5, 0.6) is 0 Å². The molecule has 0 saturated heterocycles. The fourth-order valence-corrected chi connectivity index (χ4v) is 2.95. The number of carbonyl (C=O) groups is 2. The minimum absolute atomic E-state index is 0.175. The van der Waals surface area contributed by atoms with Crippen molar-refractivity contribution in [3.05, 3.63) is 29.8 Å². The molecule has 0 bridgehead atoms. The number of hydrogen-bond donors (Lipinski definition) is 3. The zero-order valence-corrected chi connectivity index (χ0v) is 12.3. The number of carbonyl (C=O) groups excluding carboxylic acids is 1. The predicted molar refractivity (Wildman–Crippen MR) is 80.9 cm³/mol. The SMILES string of the molecule is CNCc1ccccc1NC(=O)C1CCCCC1C(=O)O. The third-order valence-electron chi connectivity index (χ3n) is 4.06. The second-order valence-corrected chi connectivity index (χ2v) is 5.51. The summed E-state index contributed by atoms with van der Waals surface area (Å²) in [5.41, 5.74) is 1.75. The Morgan fingerprint density at radius 2 is 1.86 bits per heavy atom. The number of amides is 1. The first-order valence-electron chi connectivity index (χ1n) is 7.39. The van der Waals surface area contributed by atoms with E-state index in [-0.39, 0.29) is 5.91 Å². The van der Waals surface area contributed by atoms with Crippen LogP contribution in [0.4, 0.5) is 5.69 Å². The normalized spacial score (nSPS) is 21.8. The minimum Gasteiger partial charge on any atom is -0.481 e. The molecule has 1 amide bonds. The van der Waals surface area contributed by atoms with E-state index in [9.17, 15) is 14.7 Å². The molecule has 1 aromatic carbocycles. The molecule has 1 aromatic rings. The monoisotopic (exact) mass is 290 g/mol. The number of carboxylic acid groups (broad SMARTS) is 1. The van der Waals surface area contributed by atoms with E-state index in [2.05, 4.69) is 10.6 Å². The summed E-state index contributed by atoms with van der Waals surface area (Å²) in [7, 11) is 1.85. The number of para-hydroxylation sites is 1. The summed E-state index contributed by atoms with van der Waals surface area (Å²) in [6.07, 6.45) is 3.04. The molecule has 2 unspecified atom stereocenters. The van der Waals surface area contributed by atoms with Crippen molar-refractivity contribution in [1.29, 1.82) is 0 Å². The summed E-state index contributed by atoms with van der Waals surface area (Å²) in [5.74, 6) is -2.03. The third kappa shape index (κ3) is 3.82. The van der Waals surface area contributed by atoms with Crippen molar-refractivity contribution in [1.82, 2.24) is 5.32 Å². The average Bonchev–Trinajstić information content (AvgIpc) is 2.49. The van der Waals surface area contributed by atoms with Crippen molar-refractivity contribution in [2.75, 3.05) is 12.4 Å². The summed E-state index contributed by atoms with van der Waals surface area (Å²) in [6.45, 7) is 0.656. The largest absolute Gasteiger partial charge is 0.481 e. The van der Waals surface area contributed by atoms with Gasteiger partial charge < -0.3 is 15.7 Å². The van der Waals surface area contributed by atoms with E-state index < -0.39 is 17.8 Å². The second kappa shape index (κ2) is 7.22. The van der Waals surface area contributed by atoms with E-state index >= 15 is 0 Å². The van der Waals surface area contributed by atoms with Crippen LogP contribution < -0.4 is 10.6 Å². The van der Waals surface area contributed by atoms with Crippen LogP contribution in [0.1, 0.15) is 31.2 Å². The molecule has 114 valence electrons. The van der Waals surface area contributed by atoms with Crippen LogP contribution in [0.25, 0.3) is 0 Å². The molecule has 0 aromatic heterocycles. The zero-order valence-electron chi connectivity index (χ0n) is 12.3. The molecule has 21 heavy (non-hydrogen) atoms. The molecule has 0 radical (unpaired) electrons. The molecular weight excluding hydrogens is 268 g/mol. The van der Waals surface area contributed by atoms with Crippen LogP contribution in [0, 0.1) is 11.8 Å². The maximum absolute atomic E-state index is 12.4. The first-order valence-corrected chi connectivity index (χ1v) is 7.39. The Labute approximate surface area is 124 Å². The fraction of sp³-hybridized carbons (Fsp3) is 0.500. The zero-order chi connectivity index (χ0) is 15.2. The summed E-state index contributed by atoms with van der Waals surface area (Å²) >= 11 is 0. The molecule has 5 heteroatoms. The number of nitrogens with one attached hydrogen (secondary N) is 2. The van der Waals surface area contributed by atoms with Gasteiger partial charge in [-0.25, -0.2) is 0 Å². The van der Waals surface area contributed by atoms with Crippen LogP contribution in [0.3, 0.4) is 0 Å². The Hall–Kier alpha value is -1.88. The highest BCUT2D eigenvalue weighted by atomic mass is 16.4. The van der Waals surface area contributed by atoms with Gasteiger partial charge in [-0.05, 0) is 31.5 Å². The van der Waals surface area contributed by atoms with E-state index in [1.165, 1.54) is 0 Å². The summed E-state index contributed by atoms with van der Waals surface area (Å²) < 4.78 is 0.